The second-order valence-corrected chi connectivity index (χ2v) is 6.22. The highest BCUT2D eigenvalue weighted by molar-refractivity contribution is 14.1. The van der Waals surface area contributed by atoms with E-state index in [1.54, 1.807) is 22.6 Å². The molecule has 8 heteroatoms. The topological polar surface area (TPSA) is 47.0 Å². The van der Waals surface area contributed by atoms with Crippen molar-refractivity contribution < 1.29 is 17.2 Å². The molecule has 0 spiro atoms. The molecule has 0 saturated heterocycles. The molecule has 0 saturated carbocycles. The predicted molar refractivity (Wildman–Crippen MR) is 59.7 cm³/mol. The minimum atomic E-state index is -4.18. The number of halogens is 4. The van der Waals surface area contributed by atoms with Gasteiger partial charge in [-0.05, 0) is 29.5 Å². The van der Waals surface area contributed by atoms with Gasteiger partial charge in [-0.2, -0.15) is 0 Å². The molecule has 0 unspecified atom stereocenters. The smallest absolute Gasteiger partial charge is 0.249 e. The largest absolute Gasteiger partial charge is 0.266 e. The lowest BCUT2D eigenvalue weighted by Crippen LogP contribution is -2.05. The van der Waals surface area contributed by atoms with Crippen LogP contribution in [0.2, 0.25) is 0 Å². The fraction of sp³-hybridized carbons (Fsp3) is 0.286. The van der Waals surface area contributed by atoms with Crippen LogP contribution in [0.4, 0.5) is 8.78 Å². The van der Waals surface area contributed by atoms with Crippen molar-refractivity contribution in [1.82, 2.24) is 4.98 Å². The SMILES string of the molecule is Cc1c(I)ncc(C(F)F)c1S(=O)(=O)Cl. The van der Waals surface area contributed by atoms with Crippen molar-refractivity contribution in [3.63, 3.8) is 0 Å². The lowest BCUT2D eigenvalue weighted by molar-refractivity contribution is 0.147. The van der Waals surface area contributed by atoms with Gasteiger partial charge in [0.25, 0.3) is 15.5 Å². The standard InChI is InChI=1S/C7H5ClF2INO2S/c1-3-5(15(8,13)14)4(6(9)10)2-12-7(3)11/h2,6H,1H3. The molecule has 1 rings (SSSR count). The van der Waals surface area contributed by atoms with Gasteiger partial charge in [0.15, 0.2) is 0 Å². The molecule has 0 aliphatic rings. The highest BCUT2D eigenvalue weighted by atomic mass is 127. The third-order valence-corrected chi connectivity index (χ3v) is 4.29. The summed E-state index contributed by atoms with van der Waals surface area (Å²) in [6.07, 6.45) is -2.09. The third kappa shape index (κ3) is 2.76. The molecular formula is C7H5ClF2INO2S. The molecule has 0 N–H and O–H groups in total. The summed E-state index contributed by atoms with van der Waals surface area (Å²) in [5.41, 5.74) is -0.522. The number of hydrogen-bond donors (Lipinski definition) is 0. The first-order valence-corrected chi connectivity index (χ1v) is 7.01. The lowest BCUT2D eigenvalue weighted by atomic mass is 10.2. The maximum atomic E-state index is 12.5. The van der Waals surface area contributed by atoms with Gasteiger partial charge in [-0.25, -0.2) is 22.2 Å². The van der Waals surface area contributed by atoms with Crippen LogP contribution >= 0.6 is 33.3 Å². The van der Waals surface area contributed by atoms with Gasteiger partial charge < -0.3 is 0 Å². The minimum Gasteiger partial charge on any atom is -0.249 e. The molecule has 1 aromatic rings. The van der Waals surface area contributed by atoms with E-state index < -0.39 is 25.9 Å². The van der Waals surface area contributed by atoms with E-state index in [1.807, 2.05) is 0 Å². The van der Waals surface area contributed by atoms with Crippen LogP contribution in [0.5, 0.6) is 0 Å². The van der Waals surface area contributed by atoms with E-state index in [0.29, 0.717) is 3.70 Å². The average Bonchev–Trinajstić information content (AvgIpc) is 2.06. The summed E-state index contributed by atoms with van der Waals surface area (Å²) in [5.74, 6) is 0. The quantitative estimate of drug-likeness (QED) is 0.459. The molecule has 0 atom stereocenters. The van der Waals surface area contributed by atoms with Crippen LogP contribution in [0.25, 0.3) is 0 Å². The molecule has 84 valence electrons. The highest BCUT2D eigenvalue weighted by Gasteiger charge is 2.25. The molecular weight excluding hydrogens is 363 g/mol. The predicted octanol–water partition coefficient (Wildman–Crippen LogP) is 2.86. The zero-order valence-corrected chi connectivity index (χ0v) is 11.1. The van der Waals surface area contributed by atoms with Crippen LogP contribution in [-0.2, 0) is 9.05 Å². The van der Waals surface area contributed by atoms with Crippen LogP contribution in [0.1, 0.15) is 17.6 Å². The van der Waals surface area contributed by atoms with Crippen molar-refractivity contribution in [3.8, 4) is 0 Å². The van der Waals surface area contributed by atoms with Gasteiger partial charge in [0.2, 0.25) is 0 Å². The van der Waals surface area contributed by atoms with E-state index in [0.717, 1.165) is 6.20 Å². The van der Waals surface area contributed by atoms with Gasteiger partial charge >= 0.3 is 0 Å². The number of rotatable bonds is 2. The molecule has 0 aliphatic carbocycles. The van der Waals surface area contributed by atoms with Crippen LogP contribution in [0, 0.1) is 10.6 Å². The number of hydrogen-bond acceptors (Lipinski definition) is 3. The Hall–Kier alpha value is -0.0200. The molecule has 0 aliphatic heterocycles. The Morgan fingerprint density at radius 2 is 2.07 bits per heavy atom. The Bertz CT molecular complexity index is 492. The Balaban J connectivity index is 3.65. The molecule has 1 aromatic heterocycles. The molecule has 0 fully saturated rings. The van der Waals surface area contributed by atoms with E-state index in [1.165, 1.54) is 6.92 Å². The van der Waals surface area contributed by atoms with Crippen molar-refractivity contribution in [2.24, 2.45) is 0 Å². The summed E-state index contributed by atoms with van der Waals surface area (Å²) < 4.78 is 47.6. The van der Waals surface area contributed by atoms with Gasteiger partial charge in [0.05, 0.1) is 10.5 Å². The van der Waals surface area contributed by atoms with E-state index in [-0.39, 0.29) is 5.56 Å². The van der Waals surface area contributed by atoms with Crippen molar-refractivity contribution in [2.75, 3.05) is 0 Å². The summed E-state index contributed by atoms with van der Waals surface area (Å²) in [4.78, 5) is 3.11. The molecule has 3 nitrogen and oxygen atoms in total. The van der Waals surface area contributed by atoms with Crippen LogP contribution in [0.15, 0.2) is 11.1 Å². The normalized spacial score (nSPS) is 12.1. The average molecular weight is 368 g/mol. The van der Waals surface area contributed by atoms with Crippen molar-refractivity contribution >= 4 is 42.3 Å². The molecule has 1 heterocycles. The van der Waals surface area contributed by atoms with Gasteiger partial charge in [-0.15, -0.1) is 0 Å². The van der Waals surface area contributed by atoms with Crippen molar-refractivity contribution in [3.05, 3.63) is 21.0 Å². The molecule has 0 radical (unpaired) electrons. The molecule has 0 amide bonds. The Morgan fingerprint density at radius 3 is 2.47 bits per heavy atom. The van der Waals surface area contributed by atoms with E-state index in [9.17, 15) is 17.2 Å². The highest BCUT2D eigenvalue weighted by Crippen LogP contribution is 2.32. The first kappa shape index (κ1) is 13.0. The Morgan fingerprint density at radius 1 is 1.53 bits per heavy atom. The summed E-state index contributed by atoms with van der Waals surface area (Å²) in [7, 11) is 0.909. The Labute approximate surface area is 103 Å². The third-order valence-electron chi connectivity index (χ3n) is 1.71. The molecule has 0 aromatic carbocycles. The zero-order valence-electron chi connectivity index (χ0n) is 7.34. The number of pyridine rings is 1. The van der Waals surface area contributed by atoms with Crippen LogP contribution in [0.3, 0.4) is 0 Å². The van der Waals surface area contributed by atoms with Gasteiger partial charge in [0, 0.05) is 22.4 Å². The number of aromatic nitrogens is 1. The van der Waals surface area contributed by atoms with Crippen molar-refractivity contribution in [2.45, 2.75) is 18.2 Å². The second kappa shape index (κ2) is 4.46. The Kier molecular flexibility index (Phi) is 3.88. The monoisotopic (exact) mass is 367 g/mol. The molecule has 15 heavy (non-hydrogen) atoms. The maximum absolute atomic E-state index is 12.5. The summed E-state index contributed by atoms with van der Waals surface area (Å²) in [5, 5.41) is 0. The first-order chi connectivity index (χ1) is 6.75. The second-order valence-electron chi connectivity index (χ2n) is 2.70. The summed E-state index contributed by atoms with van der Waals surface area (Å²) in [6, 6.07) is 0. The minimum absolute atomic E-state index is 0.142. The zero-order chi connectivity index (χ0) is 11.8. The number of alkyl halides is 2. The lowest BCUT2D eigenvalue weighted by Gasteiger charge is -2.09. The number of nitrogens with zero attached hydrogens (tertiary/aromatic N) is 1. The van der Waals surface area contributed by atoms with E-state index in [4.69, 9.17) is 10.7 Å². The van der Waals surface area contributed by atoms with Crippen LogP contribution in [-0.4, -0.2) is 13.4 Å². The van der Waals surface area contributed by atoms with Gasteiger partial charge in [0.1, 0.15) is 3.70 Å². The van der Waals surface area contributed by atoms with Gasteiger partial charge in [-0.1, -0.05) is 0 Å². The fourth-order valence-corrected chi connectivity index (χ4v) is 3.16. The van der Waals surface area contributed by atoms with Crippen molar-refractivity contribution in [1.29, 1.82) is 0 Å². The van der Waals surface area contributed by atoms with Crippen LogP contribution < -0.4 is 0 Å². The van der Waals surface area contributed by atoms with E-state index in [2.05, 4.69) is 4.98 Å². The molecule has 0 bridgehead atoms. The first-order valence-electron chi connectivity index (χ1n) is 3.63. The van der Waals surface area contributed by atoms with E-state index >= 15 is 0 Å². The van der Waals surface area contributed by atoms with Gasteiger partial charge in [-0.3, -0.25) is 0 Å². The summed E-state index contributed by atoms with van der Waals surface area (Å²) >= 11 is 1.75. The summed E-state index contributed by atoms with van der Waals surface area (Å²) in [6.45, 7) is 1.38. The maximum Gasteiger partial charge on any atom is 0.266 e. The fourth-order valence-electron chi connectivity index (χ4n) is 1.07.